The highest BCUT2D eigenvalue weighted by Gasteiger charge is 2.59. The van der Waals surface area contributed by atoms with E-state index in [4.69, 9.17) is 9.47 Å². The second-order valence-electron chi connectivity index (χ2n) is 10.8. The molecule has 0 aromatic heterocycles. The largest absolute Gasteiger partial charge is 0.465 e. The molecule has 0 radical (unpaired) electrons. The summed E-state index contributed by atoms with van der Waals surface area (Å²) in [6.45, 7) is 2.95. The van der Waals surface area contributed by atoms with Gasteiger partial charge in [-0.1, -0.05) is 31.2 Å². The molecule has 1 saturated heterocycles. The second kappa shape index (κ2) is 8.91. The molecule has 0 amide bonds. The van der Waals surface area contributed by atoms with Crippen molar-refractivity contribution in [3.05, 3.63) is 59.7 Å². The molecule has 34 heavy (non-hydrogen) atoms. The maximum atomic E-state index is 13.6. The molecule has 4 nitrogen and oxygen atoms in total. The predicted octanol–water partition coefficient (Wildman–Crippen LogP) is 5.80. The fourth-order valence-corrected chi connectivity index (χ4v) is 8.86. The molecule has 4 aliphatic rings. The van der Waals surface area contributed by atoms with Crippen molar-refractivity contribution in [3.8, 4) is 5.75 Å². The minimum absolute atomic E-state index is 0.120. The molecule has 6 unspecified atom stereocenters. The SMILES string of the molecule is C[C@]12CCC3c4ccc(OC5CCCCO5)cc4CCC3C1CC(S(=O)c1ccccc1)C2=O. The van der Waals surface area contributed by atoms with Gasteiger partial charge in [0.25, 0.3) is 0 Å². The van der Waals surface area contributed by atoms with Gasteiger partial charge in [-0.2, -0.15) is 0 Å². The fourth-order valence-electron chi connectivity index (χ4n) is 7.26. The van der Waals surface area contributed by atoms with E-state index in [1.165, 1.54) is 11.1 Å². The number of hydrogen-bond acceptors (Lipinski definition) is 4. The summed E-state index contributed by atoms with van der Waals surface area (Å²) in [5.41, 5.74) is 2.50. The van der Waals surface area contributed by atoms with Crippen LogP contribution in [0.4, 0.5) is 0 Å². The van der Waals surface area contributed by atoms with E-state index in [-0.39, 0.29) is 22.7 Å². The first-order chi connectivity index (χ1) is 16.5. The van der Waals surface area contributed by atoms with Crippen LogP contribution in [0.25, 0.3) is 0 Å². The van der Waals surface area contributed by atoms with E-state index in [1.807, 2.05) is 30.3 Å². The molecular weight excluding hydrogens is 444 g/mol. The van der Waals surface area contributed by atoms with Crippen molar-refractivity contribution in [3.63, 3.8) is 0 Å². The van der Waals surface area contributed by atoms with Crippen LogP contribution in [0.2, 0.25) is 0 Å². The number of benzene rings is 2. The third kappa shape index (κ3) is 3.76. The van der Waals surface area contributed by atoms with Crippen LogP contribution in [-0.4, -0.2) is 28.1 Å². The lowest BCUT2D eigenvalue weighted by atomic mass is 9.55. The van der Waals surface area contributed by atoms with Gasteiger partial charge in [-0.05, 0) is 98.1 Å². The molecule has 180 valence electrons. The molecule has 3 fully saturated rings. The normalized spacial score (nSPS) is 35.7. The molecule has 7 atom stereocenters. The van der Waals surface area contributed by atoms with Crippen molar-refractivity contribution in [2.24, 2.45) is 17.3 Å². The number of rotatable bonds is 4. The summed E-state index contributed by atoms with van der Waals surface area (Å²) in [5, 5.41) is -0.371. The van der Waals surface area contributed by atoms with Crippen molar-refractivity contribution >= 4 is 16.6 Å². The summed E-state index contributed by atoms with van der Waals surface area (Å²) in [6, 6.07) is 16.1. The second-order valence-corrected chi connectivity index (χ2v) is 12.5. The first kappa shape index (κ1) is 22.5. The zero-order valence-electron chi connectivity index (χ0n) is 19.9. The topological polar surface area (TPSA) is 52.6 Å². The van der Waals surface area contributed by atoms with Gasteiger partial charge in [0.05, 0.1) is 22.7 Å². The summed E-state index contributed by atoms with van der Waals surface area (Å²) in [5.74, 6) is 2.44. The third-order valence-corrected chi connectivity index (χ3v) is 10.7. The number of carbonyl (C=O) groups excluding carboxylic acids is 1. The lowest BCUT2D eigenvalue weighted by Crippen LogP contribution is -2.43. The van der Waals surface area contributed by atoms with Gasteiger partial charge in [-0.15, -0.1) is 0 Å². The van der Waals surface area contributed by atoms with Crippen molar-refractivity contribution in [1.82, 2.24) is 0 Å². The first-order valence-corrected chi connectivity index (χ1v) is 14.2. The van der Waals surface area contributed by atoms with Crippen LogP contribution < -0.4 is 4.74 Å². The van der Waals surface area contributed by atoms with E-state index in [2.05, 4.69) is 25.1 Å². The van der Waals surface area contributed by atoms with E-state index < -0.39 is 10.8 Å². The lowest BCUT2D eigenvalue weighted by molar-refractivity contribution is -0.129. The van der Waals surface area contributed by atoms with Crippen molar-refractivity contribution in [2.45, 2.75) is 80.6 Å². The molecule has 0 spiro atoms. The van der Waals surface area contributed by atoms with E-state index in [1.54, 1.807) is 0 Å². The van der Waals surface area contributed by atoms with Gasteiger partial charge in [-0.3, -0.25) is 9.00 Å². The summed E-state index contributed by atoms with van der Waals surface area (Å²) in [4.78, 5) is 14.4. The van der Waals surface area contributed by atoms with Crippen molar-refractivity contribution in [1.29, 1.82) is 0 Å². The lowest BCUT2D eigenvalue weighted by Gasteiger charge is -2.48. The zero-order valence-corrected chi connectivity index (χ0v) is 20.7. The number of fused-ring (bicyclic) bond motifs is 5. The fraction of sp³-hybridized carbons (Fsp3) is 0.552. The number of aryl methyl sites for hydroxylation is 1. The third-order valence-electron chi connectivity index (χ3n) is 9.05. The minimum Gasteiger partial charge on any atom is -0.465 e. The molecule has 1 heterocycles. The smallest absolute Gasteiger partial charge is 0.199 e. The molecule has 3 aliphatic carbocycles. The van der Waals surface area contributed by atoms with Crippen LogP contribution in [0, 0.1) is 17.3 Å². The minimum atomic E-state index is -1.27. The molecule has 2 saturated carbocycles. The Balaban J connectivity index is 1.22. The van der Waals surface area contributed by atoms with Crippen LogP contribution in [0.1, 0.15) is 68.9 Å². The standard InChI is InChI=1S/C29H34O4S/c1-29-15-14-23-22-13-11-20(33-27-9-5-6-16-32-27)17-19(22)10-12-24(23)25(29)18-26(28(29)30)34(31)21-7-3-2-4-8-21/h2-4,7-8,11,13,17,23-27H,5-6,9-10,12,14-16,18H2,1H3/t23?,24?,25?,26?,27?,29-,34?/m0/s1. The monoisotopic (exact) mass is 478 g/mol. The maximum Gasteiger partial charge on any atom is 0.199 e. The van der Waals surface area contributed by atoms with Crippen LogP contribution in [0.3, 0.4) is 0 Å². The van der Waals surface area contributed by atoms with E-state index in [9.17, 15) is 9.00 Å². The van der Waals surface area contributed by atoms with E-state index in [0.29, 0.717) is 17.8 Å². The van der Waals surface area contributed by atoms with Gasteiger partial charge in [0, 0.05) is 16.7 Å². The van der Waals surface area contributed by atoms with Crippen LogP contribution in [0.5, 0.6) is 5.75 Å². The number of ether oxygens (including phenoxy) is 2. The number of hydrogen-bond donors (Lipinski definition) is 0. The number of ketones is 1. The van der Waals surface area contributed by atoms with E-state index >= 15 is 0 Å². The maximum absolute atomic E-state index is 13.6. The Morgan fingerprint density at radius 1 is 1.06 bits per heavy atom. The predicted molar refractivity (Wildman–Crippen MR) is 132 cm³/mol. The molecule has 6 rings (SSSR count). The summed E-state index contributed by atoms with van der Waals surface area (Å²) in [7, 11) is -1.27. The zero-order chi connectivity index (χ0) is 23.3. The number of carbonyl (C=O) groups is 1. The highest BCUT2D eigenvalue weighted by atomic mass is 32.2. The Hall–Kier alpha value is -1.98. The molecule has 0 N–H and O–H groups in total. The molecule has 0 bridgehead atoms. The van der Waals surface area contributed by atoms with Crippen LogP contribution >= 0.6 is 0 Å². The van der Waals surface area contributed by atoms with Gasteiger partial charge in [0.1, 0.15) is 5.75 Å². The van der Waals surface area contributed by atoms with Crippen molar-refractivity contribution < 1.29 is 18.5 Å². The van der Waals surface area contributed by atoms with Gasteiger partial charge in [0.2, 0.25) is 0 Å². The summed E-state index contributed by atoms with van der Waals surface area (Å²) >= 11 is 0. The number of Topliss-reactive ketones (excluding diaryl/α,β-unsaturated/α-hetero) is 1. The Morgan fingerprint density at radius 3 is 2.71 bits per heavy atom. The Labute approximate surface area is 204 Å². The van der Waals surface area contributed by atoms with Gasteiger partial charge in [-0.25, -0.2) is 0 Å². The molecular formula is C29H34O4S. The molecule has 1 aliphatic heterocycles. The van der Waals surface area contributed by atoms with E-state index in [0.717, 1.165) is 68.6 Å². The van der Waals surface area contributed by atoms with Crippen molar-refractivity contribution in [2.75, 3.05) is 6.61 Å². The quantitative estimate of drug-likeness (QED) is 0.557. The molecule has 5 heteroatoms. The van der Waals surface area contributed by atoms with Crippen LogP contribution in [0.15, 0.2) is 53.4 Å². The molecule has 2 aromatic carbocycles. The molecule has 2 aromatic rings. The van der Waals surface area contributed by atoms with Crippen LogP contribution in [-0.2, 0) is 26.8 Å². The summed E-state index contributed by atoms with van der Waals surface area (Å²) in [6.07, 6.45) is 7.93. The highest BCUT2D eigenvalue weighted by molar-refractivity contribution is 7.86. The van der Waals surface area contributed by atoms with Gasteiger partial charge < -0.3 is 9.47 Å². The highest BCUT2D eigenvalue weighted by Crippen LogP contribution is 2.60. The Morgan fingerprint density at radius 2 is 1.91 bits per heavy atom. The first-order valence-electron chi connectivity index (χ1n) is 13.0. The van der Waals surface area contributed by atoms with Gasteiger partial charge >= 0.3 is 0 Å². The average Bonchev–Trinajstić information content (AvgIpc) is 3.15. The summed E-state index contributed by atoms with van der Waals surface area (Å²) < 4.78 is 25.3. The Bertz CT molecular complexity index is 1090. The Kier molecular flexibility index (Phi) is 5.89. The van der Waals surface area contributed by atoms with Gasteiger partial charge in [0.15, 0.2) is 12.1 Å². The average molecular weight is 479 g/mol.